The number of carboxylic acids is 1. The Balaban J connectivity index is 1.12. The molecule has 0 bridgehead atoms. The van der Waals surface area contributed by atoms with Crippen LogP contribution < -0.4 is 10.6 Å². The van der Waals surface area contributed by atoms with Gasteiger partial charge in [0.05, 0.1) is 50.9 Å². The standard InChI is InChI=1S/C27H42N4O7/c1-31-24(32)18-23(25(31)21-4-2-9-28-19-21)26(33)30-11-13-37-15-17-38-16-14-36-12-3-10-29-22-7-5-20(6-8-22)27(34)35/h2,4,9,19-20,22-23,25,29H,3,5-8,10-18H2,1H3,(H,30,33)(H,34,35)/t20?,22?,23-,25+/m0/s1. The van der Waals surface area contributed by atoms with E-state index in [1.807, 2.05) is 6.07 Å². The minimum Gasteiger partial charge on any atom is -0.481 e. The third kappa shape index (κ3) is 9.61. The van der Waals surface area contributed by atoms with Crippen LogP contribution in [0.3, 0.4) is 0 Å². The smallest absolute Gasteiger partial charge is 0.306 e. The molecule has 1 aromatic heterocycles. The van der Waals surface area contributed by atoms with Gasteiger partial charge >= 0.3 is 5.97 Å². The molecule has 2 aliphatic rings. The molecule has 0 spiro atoms. The molecule has 38 heavy (non-hydrogen) atoms. The molecule has 1 saturated heterocycles. The molecule has 1 aromatic rings. The summed E-state index contributed by atoms with van der Waals surface area (Å²) in [6.07, 6.45) is 7.82. The summed E-state index contributed by atoms with van der Waals surface area (Å²) in [4.78, 5) is 41.6. The fourth-order valence-electron chi connectivity index (χ4n) is 5.06. The number of carbonyl (C=O) groups is 3. The number of rotatable bonds is 17. The maximum atomic E-state index is 12.7. The van der Waals surface area contributed by atoms with Gasteiger partial charge in [0.15, 0.2) is 0 Å². The van der Waals surface area contributed by atoms with Crippen LogP contribution in [0.15, 0.2) is 24.5 Å². The first-order chi connectivity index (χ1) is 18.5. The third-order valence-electron chi connectivity index (χ3n) is 7.21. The molecule has 0 radical (unpaired) electrons. The molecule has 0 unspecified atom stereocenters. The molecule has 212 valence electrons. The Labute approximate surface area is 224 Å². The maximum Gasteiger partial charge on any atom is 0.306 e. The van der Waals surface area contributed by atoms with Crippen molar-refractivity contribution in [2.24, 2.45) is 11.8 Å². The fourth-order valence-corrected chi connectivity index (χ4v) is 5.06. The van der Waals surface area contributed by atoms with Crippen molar-refractivity contribution in [3.63, 3.8) is 0 Å². The number of pyridine rings is 1. The second-order valence-electron chi connectivity index (χ2n) is 9.87. The fraction of sp³-hybridized carbons (Fsp3) is 0.704. The number of hydrogen-bond acceptors (Lipinski definition) is 8. The number of nitrogens with one attached hydrogen (secondary N) is 2. The highest BCUT2D eigenvalue weighted by atomic mass is 16.5. The number of carboxylic acid groups (broad SMARTS) is 1. The molecule has 1 saturated carbocycles. The summed E-state index contributed by atoms with van der Waals surface area (Å²) in [5, 5.41) is 15.4. The normalized spacial score (nSPS) is 23.5. The average Bonchev–Trinajstić information content (AvgIpc) is 3.23. The van der Waals surface area contributed by atoms with Crippen LogP contribution in [0, 0.1) is 11.8 Å². The summed E-state index contributed by atoms with van der Waals surface area (Å²) >= 11 is 0. The Morgan fingerprint density at radius 2 is 1.71 bits per heavy atom. The van der Waals surface area contributed by atoms with E-state index in [9.17, 15) is 14.4 Å². The number of carbonyl (C=O) groups excluding carboxylic acids is 2. The molecule has 3 rings (SSSR count). The molecule has 2 heterocycles. The summed E-state index contributed by atoms with van der Waals surface area (Å²) in [7, 11) is 1.72. The van der Waals surface area contributed by atoms with E-state index in [1.54, 1.807) is 30.4 Å². The predicted molar refractivity (Wildman–Crippen MR) is 139 cm³/mol. The van der Waals surface area contributed by atoms with Gasteiger partial charge in [-0.3, -0.25) is 19.4 Å². The number of aliphatic carboxylic acids is 1. The van der Waals surface area contributed by atoms with Gasteiger partial charge in [0.25, 0.3) is 0 Å². The molecule has 0 aromatic carbocycles. The Bertz CT molecular complexity index is 864. The summed E-state index contributed by atoms with van der Waals surface area (Å²) < 4.78 is 16.6. The van der Waals surface area contributed by atoms with E-state index in [2.05, 4.69) is 15.6 Å². The van der Waals surface area contributed by atoms with Crippen LogP contribution in [-0.4, -0.2) is 98.6 Å². The van der Waals surface area contributed by atoms with Gasteiger partial charge in [-0.1, -0.05) is 6.07 Å². The molecule has 2 fully saturated rings. The number of aromatic nitrogens is 1. The van der Waals surface area contributed by atoms with Crippen LogP contribution in [0.25, 0.3) is 0 Å². The number of nitrogens with zero attached hydrogens (tertiary/aromatic N) is 2. The number of likely N-dealkylation sites (tertiary alicyclic amines) is 1. The van der Waals surface area contributed by atoms with Gasteiger partial charge in [0, 0.05) is 45.1 Å². The lowest BCUT2D eigenvalue weighted by molar-refractivity contribution is -0.143. The van der Waals surface area contributed by atoms with E-state index in [4.69, 9.17) is 19.3 Å². The monoisotopic (exact) mass is 534 g/mol. The lowest BCUT2D eigenvalue weighted by Crippen LogP contribution is -2.36. The van der Waals surface area contributed by atoms with E-state index in [1.165, 1.54) is 0 Å². The second kappa shape index (κ2) is 16.4. The lowest BCUT2D eigenvalue weighted by atomic mass is 9.86. The van der Waals surface area contributed by atoms with Crippen molar-refractivity contribution >= 4 is 17.8 Å². The van der Waals surface area contributed by atoms with Gasteiger partial charge in [-0.25, -0.2) is 0 Å². The number of hydrogen-bond donors (Lipinski definition) is 3. The van der Waals surface area contributed by atoms with Gasteiger partial charge in [-0.2, -0.15) is 0 Å². The molecule has 1 aliphatic carbocycles. The third-order valence-corrected chi connectivity index (χ3v) is 7.21. The second-order valence-corrected chi connectivity index (χ2v) is 9.87. The van der Waals surface area contributed by atoms with Crippen molar-refractivity contribution in [1.29, 1.82) is 0 Å². The largest absolute Gasteiger partial charge is 0.481 e. The van der Waals surface area contributed by atoms with Gasteiger partial charge in [-0.05, 0) is 50.3 Å². The van der Waals surface area contributed by atoms with Crippen molar-refractivity contribution < 1.29 is 33.7 Å². The number of ether oxygens (including phenoxy) is 3. The van der Waals surface area contributed by atoms with Gasteiger partial charge < -0.3 is 34.9 Å². The average molecular weight is 535 g/mol. The molecule has 3 N–H and O–H groups in total. The van der Waals surface area contributed by atoms with Gasteiger partial charge in [-0.15, -0.1) is 0 Å². The van der Waals surface area contributed by atoms with Gasteiger partial charge in [0.2, 0.25) is 11.8 Å². The first-order valence-electron chi connectivity index (χ1n) is 13.6. The lowest BCUT2D eigenvalue weighted by Gasteiger charge is -2.26. The SMILES string of the molecule is CN1C(=O)C[C@H](C(=O)NCCOCCOCCOCCCNC2CCC(C(=O)O)CC2)[C@H]1c1cccnc1. The first-order valence-corrected chi connectivity index (χ1v) is 13.6. The highest BCUT2D eigenvalue weighted by molar-refractivity contribution is 5.90. The van der Waals surface area contributed by atoms with Crippen LogP contribution in [0.4, 0.5) is 0 Å². The molecule has 2 atom stereocenters. The highest BCUT2D eigenvalue weighted by Gasteiger charge is 2.42. The minimum absolute atomic E-state index is 0.0512. The van der Waals surface area contributed by atoms with E-state index in [-0.39, 0.29) is 30.2 Å². The van der Waals surface area contributed by atoms with Crippen LogP contribution in [0.2, 0.25) is 0 Å². The first kappa shape index (κ1) is 29.9. The quantitative estimate of drug-likeness (QED) is 0.253. The van der Waals surface area contributed by atoms with E-state index in [0.29, 0.717) is 52.2 Å². The molecule has 1 aliphatic heterocycles. The Morgan fingerprint density at radius 3 is 2.37 bits per heavy atom. The molecule has 11 heteroatoms. The Morgan fingerprint density at radius 1 is 1.03 bits per heavy atom. The zero-order valence-electron chi connectivity index (χ0n) is 22.3. The van der Waals surface area contributed by atoms with Gasteiger partial charge in [0.1, 0.15) is 0 Å². The molecule has 2 amide bonds. The van der Waals surface area contributed by atoms with Crippen molar-refractivity contribution in [2.45, 2.75) is 50.6 Å². The van der Waals surface area contributed by atoms with Crippen molar-refractivity contribution in [2.75, 3.05) is 59.8 Å². The summed E-state index contributed by atoms with van der Waals surface area (Å²) in [6.45, 7) is 4.14. The summed E-state index contributed by atoms with van der Waals surface area (Å²) in [6, 6.07) is 3.80. The predicted octanol–water partition coefficient (Wildman–Crippen LogP) is 1.39. The summed E-state index contributed by atoms with van der Waals surface area (Å²) in [5.74, 6) is -1.50. The summed E-state index contributed by atoms with van der Waals surface area (Å²) in [5.41, 5.74) is 0.853. The highest BCUT2D eigenvalue weighted by Crippen LogP contribution is 2.36. The maximum absolute atomic E-state index is 12.7. The Hall–Kier alpha value is -2.60. The topological polar surface area (TPSA) is 139 Å². The van der Waals surface area contributed by atoms with E-state index >= 15 is 0 Å². The Kier molecular flexibility index (Phi) is 12.9. The molecule has 11 nitrogen and oxygen atoms in total. The van der Waals surface area contributed by atoms with Crippen LogP contribution in [-0.2, 0) is 28.6 Å². The van der Waals surface area contributed by atoms with Crippen LogP contribution >= 0.6 is 0 Å². The zero-order chi connectivity index (χ0) is 27.2. The van der Waals surface area contributed by atoms with Crippen molar-refractivity contribution in [1.82, 2.24) is 20.5 Å². The van der Waals surface area contributed by atoms with Crippen LogP contribution in [0.5, 0.6) is 0 Å². The molecular formula is C27H42N4O7. The van der Waals surface area contributed by atoms with Crippen molar-refractivity contribution in [3.8, 4) is 0 Å². The minimum atomic E-state index is -0.669. The van der Waals surface area contributed by atoms with E-state index in [0.717, 1.165) is 44.2 Å². The van der Waals surface area contributed by atoms with E-state index < -0.39 is 11.9 Å². The zero-order valence-corrected chi connectivity index (χ0v) is 22.3. The molecular weight excluding hydrogens is 492 g/mol. The van der Waals surface area contributed by atoms with Crippen molar-refractivity contribution in [3.05, 3.63) is 30.1 Å². The number of amides is 2. The van der Waals surface area contributed by atoms with Crippen LogP contribution in [0.1, 0.15) is 50.1 Å².